The number of aromatic nitrogens is 1. The largest absolute Gasteiger partial charge is 0.469 e. The van der Waals surface area contributed by atoms with E-state index in [9.17, 15) is 31.5 Å². The first-order valence-corrected chi connectivity index (χ1v) is 4.85. The van der Waals surface area contributed by atoms with Crippen LogP contribution in [0.5, 0.6) is 0 Å². The molecule has 1 rings (SSSR count). The van der Waals surface area contributed by atoms with Gasteiger partial charge in [-0.2, -0.15) is 13.2 Å². The van der Waals surface area contributed by atoms with Crippen LogP contribution in [0.4, 0.5) is 22.0 Å². The van der Waals surface area contributed by atoms with Crippen molar-refractivity contribution in [2.45, 2.75) is 19.0 Å². The van der Waals surface area contributed by atoms with Gasteiger partial charge in [-0.1, -0.05) is 0 Å². The van der Waals surface area contributed by atoms with Crippen LogP contribution in [0.3, 0.4) is 0 Å². The monoisotopic (exact) mass is 285 g/mol. The third-order valence-electron chi connectivity index (χ3n) is 2.23. The van der Waals surface area contributed by atoms with Gasteiger partial charge in [0.25, 0.3) is 12.0 Å². The summed E-state index contributed by atoms with van der Waals surface area (Å²) < 4.78 is 66.8. The average Bonchev–Trinajstić information content (AvgIpc) is 2.29. The Labute approximate surface area is 103 Å². The smallest absolute Gasteiger partial charge is 0.418 e. The molecule has 4 nitrogen and oxygen atoms in total. The van der Waals surface area contributed by atoms with Gasteiger partial charge in [0.1, 0.15) is 0 Å². The number of ether oxygens (including phenoxy) is 1. The van der Waals surface area contributed by atoms with Crippen LogP contribution in [0.25, 0.3) is 0 Å². The molecule has 0 saturated carbocycles. The first kappa shape index (κ1) is 15.1. The van der Waals surface area contributed by atoms with Gasteiger partial charge in [0, 0.05) is 5.56 Å². The molecule has 0 aliphatic rings. The minimum atomic E-state index is -5.07. The number of halogens is 5. The molecule has 0 atom stereocenters. The predicted molar refractivity (Wildman–Crippen MR) is 52.7 cm³/mol. The number of pyridine rings is 1. The maximum Gasteiger partial charge on any atom is 0.418 e. The van der Waals surface area contributed by atoms with E-state index in [2.05, 4.69) is 4.74 Å². The lowest BCUT2D eigenvalue weighted by molar-refractivity contribution is -0.141. The van der Waals surface area contributed by atoms with E-state index in [1.165, 1.54) is 4.98 Å². The number of nitrogens with one attached hydrogen (secondary N) is 1. The molecule has 1 aromatic heterocycles. The van der Waals surface area contributed by atoms with E-state index in [-0.39, 0.29) is 6.07 Å². The van der Waals surface area contributed by atoms with Gasteiger partial charge < -0.3 is 9.72 Å². The summed E-state index contributed by atoms with van der Waals surface area (Å²) >= 11 is 0. The van der Waals surface area contributed by atoms with E-state index in [0.29, 0.717) is 0 Å². The number of alkyl halides is 5. The first-order valence-electron chi connectivity index (χ1n) is 4.85. The summed E-state index contributed by atoms with van der Waals surface area (Å²) in [5.41, 5.74) is -4.98. The molecule has 1 heterocycles. The second-order valence-corrected chi connectivity index (χ2v) is 3.50. The van der Waals surface area contributed by atoms with Crippen molar-refractivity contribution in [3.8, 4) is 0 Å². The molecular weight excluding hydrogens is 277 g/mol. The van der Waals surface area contributed by atoms with Crippen LogP contribution >= 0.6 is 0 Å². The topological polar surface area (TPSA) is 59.2 Å². The lowest BCUT2D eigenvalue weighted by Gasteiger charge is -2.13. The quantitative estimate of drug-likeness (QED) is 0.683. The fourth-order valence-corrected chi connectivity index (χ4v) is 1.35. The minimum Gasteiger partial charge on any atom is -0.469 e. The normalized spacial score (nSPS) is 11.7. The summed E-state index contributed by atoms with van der Waals surface area (Å²) in [4.78, 5) is 23.7. The van der Waals surface area contributed by atoms with Crippen LogP contribution in [0.15, 0.2) is 10.9 Å². The van der Waals surface area contributed by atoms with Gasteiger partial charge in [0.2, 0.25) is 0 Å². The standard InChI is InChI=1S/C10H8F5NO3/c1-19-6(17)3-4-2-5(10(13,14)15)7(8(11)12)16-9(4)18/h2,8H,3H2,1H3,(H,16,18). The zero-order chi connectivity index (χ0) is 14.8. The summed E-state index contributed by atoms with van der Waals surface area (Å²) in [5.74, 6) is -0.955. The molecule has 0 radical (unpaired) electrons. The SMILES string of the molecule is COC(=O)Cc1cc(C(F)(F)F)c(C(F)F)[nH]c1=O. The van der Waals surface area contributed by atoms with Crippen LogP contribution < -0.4 is 5.56 Å². The Morgan fingerprint density at radius 2 is 2.00 bits per heavy atom. The number of H-pyrrole nitrogens is 1. The highest BCUT2D eigenvalue weighted by molar-refractivity contribution is 5.72. The van der Waals surface area contributed by atoms with Crippen LogP contribution in [-0.4, -0.2) is 18.1 Å². The van der Waals surface area contributed by atoms with Crippen molar-refractivity contribution in [3.05, 3.63) is 33.2 Å². The average molecular weight is 285 g/mol. The van der Waals surface area contributed by atoms with Crippen molar-refractivity contribution in [3.63, 3.8) is 0 Å². The van der Waals surface area contributed by atoms with Crippen molar-refractivity contribution in [1.29, 1.82) is 0 Å². The van der Waals surface area contributed by atoms with E-state index in [1.807, 2.05) is 0 Å². The molecule has 1 N–H and O–H groups in total. The maximum absolute atomic E-state index is 12.6. The zero-order valence-electron chi connectivity index (χ0n) is 9.48. The highest BCUT2D eigenvalue weighted by atomic mass is 19.4. The number of hydrogen-bond acceptors (Lipinski definition) is 3. The maximum atomic E-state index is 12.6. The molecule has 0 bridgehead atoms. The summed E-state index contributed by atoms with van der Waals surface area (Å²) in [6.45, 7) is 0. The highest BCUT2D eigenvalue weighted by Gasteiger charge is 2.37. The van der Waals surface area contributed by atoms with Crippen molar-refractivity contribution >= 4 is 5.97 Å². The minimum absolute atomic E-state index is 0.233. The van der Waals surface area contributed by atoms with Gasteiger partial charge in [-0.25, -0.2) is 8.78 Å². The van der Waals surface area contributed by atoms with Crippen LogP contribution in [-0.2, 0) is 22.1 Å². The third kappa shape index (κ3) is 3.52. The fraction of sp³-hybridized carbons (Fsp3) is 0.400. The van der Waals surface area contributed by atoms with Gasteiger partial charge in [-0.15, -0.1) is 0 Å². The molecule has 0 amide bonds. The van der Waals surface area contributed by atoms with E-state index in [0.717, 1.165) is 7.11 Å². The molecule has 0 fully saturated rings. The number of hydrogen-bond donors (Lipinski definition) is 1. The van der Waals surface area contributed by atoms with Crippen LogP contribution in [0.1, 0.15) is 23.2 Å². The molecule has 0 aliphatic carbocycles. The van der Waals surface area contributed by atoms with E-state index >= 15 is 0 Å². The summed E-state index contributed by atoms with van der Waals surface area (Å²) in [6.07, 6.45) is -9.30. The second kappa shape index (κ2) is 5.37. The summed E-state index contributed by atoms with van der Waals surface area (Å²) in [7, 11) is 0.981. The third-order valence-corrected chi connectivity index (χ3v) is 2.23. The Morgan fingerprint density at radius 3 is 2.42 bits per heavy atom. The predicted octanol–water partition coefficient (Wildman–Crippen LogP) is 2.05. The van der Waals surface area contributed by atoms with Crippen molar-refractivity contribution in [1.82, 2.24) is 4.98 Å². The second-order valence-electron chi connectivity index (χ2n) is 3.50. The number of rotatable bonds is 3. The molecule has 106 valence electrons. The van der Waals surface area contributed by atoms with Crippen molar-refractivity contribution in [2.75, 3.05) is 7.11 Å². The van der Waals surface area contributed by atoms with Gasteiger partial charge >= 0.3 is 12.1 Å². The highest BCUT2D eigenvalue weighted by Crippen LogP contribution is 2.34. The Balaban J connectivity index is 3.39. The summed E-state index contributed by atoms with van der Waals surface area (Å²) in [5, 5.41) is 0. The molecule has 0 aliphatic heterocycles. The van der Waals surface area contributed by atoms with Gasteiger partial charge in [-0.3, -0.25) is 9.59 Å². The van der Waals surface area contributed by atoms with Crippen molar-refractivity contribution in [2.24, 2.45) is 0 Å². The van der Waals surface area contributed by atoms with Crippen LogP contribution in [0.2, 0.25) is 0 Å². The number of aromatic amines is 1. The Kier molecular flexibility index (Phi) is 4.28. The van der Waals surface area contributed by atoms with Crippen molar-refractivity contribution < 1.29 is 31.5 Å². The van der Waals surface area contributed by atoms with E-state index in [1.54, 1.807) is 0 Å². The fourth-order valence-electron chi connectivity index (χ4n) is 1.35. The molecule has 0 saturated heterocycles. The molecule has 1 aromatic rings. The lowest BCUT2D eigenvalue weighted by atomic mass is 10.1. The first-order chi connectivity index (χ1) is 8.66. The molecule has 0 unspecified atom stereocenters. The lowest BCUT2D eigenvalue weighted by Crippen LogP contribution is -2.23. The number of carbonyl (C=O) groups is 1. The molecular formula is C10H8F5NO3. The molecule has 0 spiro atoms. The molecule has 19 heavy (non-hydrogen) atoms. The summed E-state index contributed by atoms with van der Waals surface area (Å²) in [6, 6.07) is 0.233. The van der Waals surface area contributed by atoms with E-state index in [4.69, 9.17) is 0 Å². The molecule has 0 aromatic carbocycles. The van der Waals surface area contributed by atoms with Gasteiger partial charge in [-0.05, 0) is 6.07 Å². The number of methoxy groups -OCH3 is 1. The van der Waals surface area contributed by atoms with Gasteiger partial charge in [0.05, 0.1) is 24.8 Å². The van der Waals surface area contributed by atoms with E-state index < -0.39 is 47.4 Å². The Hall–Kier alpha value is -1.93. The zero-order valence-corrected chi connectivity index (χ0v) is 9.48. The van der Waals surface area contributed by atoms with Crippen LogP contribution in [0, 0.1) is 0 Å². The Bertz CT molecular complexity index is 535. The number of carbonyl (C=O) groups excluding carboxylic acids is 1. The number of esters is 1. The molecule has 9 heteroatoms. The Morgan fingerprint density at radius 1 is 1.42 bits per heavy atom. The van der Waals surface area contributed by atoms with Gasteiger partial charge in [0.15, 0.2) is 0 Å².